The summed E-state index contributed by atoms with van der Waals surface area (Å²) < 4.78 is 28.1. The van der Waals surface area contributed by atoms with Crippen LogP contribution in [-0.2, 0) is 16.6 Å². The van der Waals surface area contributed by atoms with Gasteiger partial charge in [0.25, 0.3) is 0 Å². The van der Waals surface area contributed by atoms with Crippen LogP contribution in [0.3, 0.4) is 0 Å². The molecule has 0 N–H and O–H groups in total. The average molecular weight is 308 g/mol. The van der Waals surface area contributed by atoms with E-state index in [2.05, 4.69) is 5.10 Å². The van der Waals surface area contributed by atoms with Gasteiger partial charge in [-0.25, -0.2) is 12.7 Å². The predicted octanol–water partition coefficient (Wildman–Crippen LogP) is 2.16. The molecule has 7 heteroatoms. The Kier molecular flexibility index (Phi) is 5.82. The van der Waals surface area contributed by atoms with Crippen molar-refractivity contribution in [2.24, 2.45) is 0 Å². The highest BCUT2D eigenvalue weighted by Crippen LogP contribution is 2.23. The van der Waals surface area contributed by atoms with Crippen LogP contribution in [0.1, 0.15) is 31.2 Å². The molecule has 0 aliphatic carbocycles. The van der Waals surface area contributed by atoms with E-state index in [0.717, 1.165) is 12.8 Å². The number of unbranched alkanes of at least 4 members (excludes halogenated alkanes) is 1. The molecule has 0 spiro atoms. The van der Waals surface area contributed by atoms with Gasteiger partial charge in [-0.1, -0.05) is 13.3 Å². The molecule has 1 rings (SSSR count). The fourth-order valence-electron chi connectivity index (χ4n) is 2.01. The first kappa shape index (κ1) is 16.5. The maximum Gasteiger partial charge on any atom is 0.246 e. The topological polar surface area (TPSA) is 55.2 Å². The first-order valence-electron chi connectivity index (χ1n) is 6.42. The van der Waals surface area contributed by atoms with E-state index in [1.54, 1.807) is 25.6 Å². The lowest BCUT2D eigenvalue weighted by atomic mass is 10.3. The van der Waals surface area contributed by atoms with Gasteiger partial charge in [-0.05, 0) is 20.3 Å². The van der Waals surface area contributed by atoms with Gasteiger partial charge >= 0.3 is 0 Å². The van der Waals surface area contributed by atoms with Crippen molar-refractivity contribution in [3.8, 4) is 0 Å². The molecule has 110 valence electrons. The summed E-state index contributed by atoms with van der Waals surface area (Å²) in [6.07, 6.45) is 1.81. The van der Waals surface area contributed by atoms with Gasteiger partial charge in [-0.2, -0.15) is 5.10 Å². The van der Waals surface area contributed by atoms with E-state index in [4.69, 9.17) is 11.6 Å². The zero-order chi connectivity index (χ0) is 14.6. The van der Waals surface area contributed by atoms with E-state index in [-0.39, 0.29) is 0 Å². The van der Waals surface area contributed by atoms with Crippen molar-refractivity contribution in [2.45, 2.75) is 45.1 Å². The Hall–Kier alpha value is -0.590. The lowest BCUT2D eigenvalue weighted by molar-refractivity contribution is 0.458. The summed E-state index contributed by atoms with van der Waals surface area (Å²) in [5, 5.41) is 4.26. The summed E-state index contributed by atoms with van der Waals surface area (Å²) in [5.74, 6) is 0.410. The molecule has 0 bridgehead atoms. The fourth-order valence-corrected chi connectivity index (χ4v) is 3.74. The van der Waals surface area contributed by atoms with Gasteiger partial charge in [0.2, 0.25) is 10.0 Å². The van der Waals surface area contributed by atoms with Crippen LogP contribution >= 0.6 is 11.6 Å². The third-order valence-electron chi connectivity index (χ3n) is 3.11. The Morgan fingerprint density at radius 2 is 2.00 bits per heavy atom. The molecule has 0 unspecified atom stereocenters. The monoisotopic (exact) mass is 307 g/mol. The molecule has 0 fully saturated rings. The van der Waals surface area contributed by atoms with Crippen LogP contribution in [-0.4, -0.2) is 42.0 Å². The third kappa shape index (κ3) is 3.49. The van der Waals surface area contributed by atoms with Gasteiger partial charge in [-0.15, -0.1) is 11.6 Å². The van der Waals surface area contributed by atoms with Gasteiger partial charge in [0, 0.05) is 19.5 Å². The number of halogens is 1. The molecule has 5 nitrogen and oxygen atoms in total. The van der Waals surface area contributed by atoms with Crippen LogP contribution in [0.4, 0.5) is 0 Å². The van der Waals surface area contributed by atoms with Gasteiger partial charge in [0.05, 0.1) is 17.9 Å². The van der Waals surface area contributed by atoms with Crippen molar-refractivity contribution in [2.75, 3.05) is 19.5 Å². The Morgan fingerprint density at radius 3 is 2.53 bits per heavy atom. The van der Waals surface area contributed by atoms with Crippen molar-refractivity contribution >= 4 is 21.6 Å². The molecular weight excluding hydrogens is 286 g/mol. The maximum absolute atomic E-state index is 12.5. The largest absolute Gasteiger partial charge is 0.267 e. The summed E-state index contributed by atoms with van der Waals surface area (Å²) >= 11 is 5.69. The first-order chi connectivity index (χ1) is 8.86. The van der Waals surface area contributed by atoms with Crippen LogP contribution in [0.25, 0.3) is 0 Å². The highest BCUT2D eigenvalue weighted by atomic mass is 35.5. The summed E-state index contributed by atoms with van der Waals surface area (Å²) in [5.41, 5.74) is 1.19. The van der Waals surface area contributed by atoms with Crippen LogP contribution in [0.15, 0.2) is 4.90 Å². The lowest BCUT2D eigenvalue weighted by Crippen LogP contribution is -2.28. The second-order valence-corrected chi connectivity index (χ2v) is 6.95. The number of hydrogen-bond donors (Lipinski definition) is 0. The Balaban J connectivity index is 3.14. The molecule has 0 saturated carbocycles. The molecule has 0 aliphatic heterocycles. The second kappa shape index (κ2) is 6.72. The van der Waals surface area contributed by atoms with E-state index >= 15 is 0 Å². The smallest absolute Gasteiger partial charge is 0.246 e. The Morgan fingerprint density at radius 1 is 1.37 bits per heavy atom. The molecule has 19 heavy (non-hydrogen) atoms. The SMILES string of the molecule is CCCCN(C)S(=O)(=O)c1c(C)nn(CCCl)c1C. The zero-order valence-corrected chi connectivity index (χ0v) is 13.6. The number of aromatic nitrogens is 2. The number of rotatable bonds is 7. The average Bonchev–Trinajstić information content (AvgIpc) is 2.62. The van der Waals surface area contributed by atoms with E-state index in [9.17, 15) is 8.42 Å². The number of nitrogens with zero attached hydrogens (tertiary/aromatic N) is 3. The summed E-state index contributed by atoms with van der Waals surface area (Å²) in [6, 6.07) is 0. The van der Waals surface area contributed by atoms with Crippen molar-refractivity contribution in [1.29, 1.82) is 0 Å². The molecule has 1 aromatic heterocycles. The number of sulfonamides is 1. The minimum absolute atomic E-state index is 0.316. The van der Waals surface area contributed by atoms with Gasteiger partial charge in [0.1, 0.15) is 4.90 Å². The highest BCUT2D eigenvalue weighted by Gasteiger charge is 2.28. The molecule has 1 heterocycles. The molecule has 0 saturated heterocycles. The molecular formula is C12H22ClN3O2S. The van der Waals surface area contributed by atoms with Crippen LogP contribution in [0.2, 0.25) is 0 Å². The van der Waals surface area contributed by atoms with Gasteiger partial charge < -0.3 is 0 Å². The van der Waals surface area contributed by atoms with E-state index in [1.165, 1.54) is 4.31 Å². The summed E-state index contributed by atoms with van der Waals surface area (Å²) in [6.45, 7) is 6.57. The van der Waals surface area contributed by atoms with Gasteiger partial charge in [-0.3, -0.25) is 4.68 Å². The van der Waals surface area contributed by atoms with Crippen molar-refractivity contribution in [3.63, 3.8) is 0 Å². The van der Waals surface area contributed by atoms with Crippen LogP contribution in [0, 0.1) is 13.8 Å². The van der Waals surface area contributed by atoms with E-state index in [1.807, 2.05) is 6.92 Å². The van der Waals surface area contributed by atoms with Crippen LogP contribution < -0.4 is 0 Å². The van der Waals surface area contributed by atoms with E-state index < -0.39 is 10.0 Å². The normalized spacial score (nSPS) is 12.3. The number of aryl methyl sites for hydroxylation is 2. The molecule has 1 aromatic rings. The second-order valence-electron chi connectivity index (χ2n) is 4.59. The van der Waals surface area contributed by atoms with Crippen molar-refractivity contribution in [3.05, 3.63) is 11.4 Å². The number of hydrogen-bond acceptors (Lipinski definition) is 3. The molecule has 0 aliphatic rings. The zero-order valence-electron chi connectivity index (χ0n) is 12.0. The highest BCUT2D eigenvalue weighted by molar-refractivity contribution is 7.89. The Labute approximate surface area is 120 Å². The minimum Gasteiger partial charge on any atom is -0.267 e. The van der Waals surface area contributed by atoms with Gasteiger partial charge in [0.15, 0.2) is 0 Å². The Bertz CT molecular complexity index is 525. The molecule has 0 aromatic carbocycles. The molecule has 0 amide bonds. The van der Waals surface area contributed by atoms with Crippen molar-refractivity contribution < 1.29 is 8.42 Å². The van der Waals surface area contributed by atoms with Crippen LogP contribution in [0.5, 0.6) is 0 Å². The summed E-state index contributed by atoms with van der Waals surface area (Å²) in [7, 11) is -1.85. The minimum atomic E-state index is -3.46. The lowest BCUT2D eigenvalue weighted by Gasteiger charge is -2.17. The third-order valence-corrected chi connectivity index (χ3v) is 5.39. The van der Waals surface area contributed by atoms with Crippen molar-refractivity contribution in [1.82, 2.24) is 14.1 Å². The quantitative estimate of drug-likeness (QED) is 0.725. The van der Waals surface area contributed by atoms with E-state index in [0.29, 0.717) is 35.3 Å². The standard InChI is InChI=1S/C12H22ClN3O2S/c1-5-6-8-15(4)19(17,18)12-10(2)14-16(9-7-13)11(12)3/h5-9H2,1-4H3. The first-order valence-corrected chi connectivity index (χ1v) is 8.40. The number of alkyl halides is 1. The maximum atomic E-state index is 12.5. The molecule has 0 radical (unpaired) electrons. The molecule has 0 atom stereocenters. The summed E-state index contributed by atoms with van der Waals surface area (Å²) in [4.78, 5) is 0.316. The fraction of sp³-hybridized carbons (Fsp3) is 0.750. The predicted molar refractivity (Wildman–Crippen MR) is 77.1 cm³/mol.